The van der Waals surface area contributed by atoms with Crippen LogP contribution < -0.4 is 4.74 Å². The van der Waals surface area contributed by atoms with Gasteiger partial charge in [0.25, 0.3) is 0 Å². The zero-order valence-corrected chi connectivity index (χ0v) is 13.8. The van der Waals surface area contributed by atoms with Gasteiger partial charge in [-0.3, -0.25) is 0 Å². The van der Waals surface area contributed by atoms with Crippen LogP contribution in [-0.2, 0) is 16.0 Å². The van der Waals surface area contributed by atoms with Crippen molar-refractivity contribution < 1.29 is 19.3 Å². The lowest BCUT2D eigenvalue weighted by Crippen LogP contribution is -2.34. The van der Waals surface area contributed by atoms with E-state index in [4.69, 9.17) is 14.2 Å². The Morgan fingerprint density at radius 3 is 2.83 bits per heavy atom. The molecule has 1 aromatic carbocycles. The summed E-state index contributed by atoms with van der Waals surface area (Å²) in [5, 5.41) is 9.75. The number of aryl methyl sites for hydroxylation is 1. The van der Waals surface area contributed by atoms with Crippen LogP contribution in [0.5, 0.6) is 5.75 Å². The molecular weight excluding hydrogens is 296 g/mol. The van der Waals surface area contributed by atoms with Gasteiger partial charge in [0.15, 0.2) is 6.10 Å². The number of hydrogen-bond acceptors (Lipinski definition) is 5. The number of aliphatic hydroxyl groups excluding tert-OH is 1. The summed E-state index contributed by atoms with van der Waals surface area (Å²) < 4.78 is 19.2. The van der Waals surface area contributed by atoms with Crippen LogP contribution >= 0.6 is 0 Å². The molecule has 1 aromatic heterocycles. The second kappa shape index (κ2) is 6.86. The van der Waals surface area contributed by atoms with Crippen molar-refractivity contribution in [2.24, 2.45) is 0 Å². The predicted molar refractivity (Wildman–Crippen MR) is 86.7 cm³/mol. The van der Waals surface area contributed by atoms with Crippen LogP contribution in [0.2, 0.25) is 0 Å². The summed E-state index contributed by atoms with van der Waals surface area (Å²) in [6.45, 7) is 7.71. The fraction of sp³-hybridized carbons (Fsp3) is 0.588. The van der Waals surface area contributed by atoms with E-state index in [1.807, 2.05) is 38.4 Å². The number of aromatic nitrogens is 2. The number of ether oxygens (including phenoxy) is 3. The highest BCUT2D eigenvalue weighted by Gasteiger charge is 2.48. The van der Waals surface area contributed by atoms with Crippen LogP contribution in [-0.4, -0.2) is 52.3 Å². The Kier molecular flexibility index (Phi) is 4.84. The van der Waals surface area contributed by atoms with E-state index in [1.165, 1.54) is 0 Å². The highest BCUT2D eigenvalue weighted by atomic mass is 16.6. The molecule has 6 nitrogen and oxygen atoms in total. The average Bonchev–Trinajstić information content (AvgIpc) is 3.27. The van der Waals surface area contributed by atoms with Crippen LogP contribution in [0.4, 0.5) is 0 Å². The Hall–Kier alpha value is -1.63. The lowest BCUT2D eigenvalue weighted by molar-refractivity contribution is 0.00865. The second-order valence-corrected chi connectivity index (χ2v) is 5.50. The number of fused-ring (bicyclic) bond motifs is 2. The lowest BCUT2D eigenvalue weighted by atomic mass is 10.1. The Labute approximate surface area is 136 Å². The molecule has 1 N–H and O–H groups in total. The van der Waals surface area contributed by atoms with Gasteiger partial charge in [-0.15, -0.1) is 0 Å². The van der Waals surface area contributed by atoms with E-state index >= 15 is 0 Å². The third-order valence-corrected chi connectivity index (χ3v) is 4.20. The molecule has 2 saturated heterocycles. The van der Waals surface area contributed by atoms with Crippen molar-refractivity contribution in [3.8, 4) is 5.75 Å². The zero-order valence-electron chi connectivity index (χ0n) is 13.8. The van der Waals surface area contributed by atoms with E-state index in [-0.39, 0.29) is 18.3 Å². The van der Waals surface area contributed by atoms with Gasteiger partial charge in [0, 0.05) is 12.6 Å². The first kappa shape index (κ1) is 16.2. The average molecular weight is 320 g/mol. The SMILES string of the molecule is CC.CCn1cnc2ccc(OC3COC4C(O)COC34)cc21. The fourth-order valence-corrected chi connectivity index (χ4v) is 3.08. The first-order chi connectivity index (χ1) is 11.3. The van der Waals surface area contributed by atoms with E-state index in [1.54, 1.807) is 0 Å². The molecule has 0 radical (unpaired) electrons. The molecule has 2 aromatic rings. The monoisotopic (exact) mass is 320 g/mol. The molecule has 2 fully saturated rings. The Morgan fingerprint density at radius 1 is 1.26 bits per heavy atom. The molecule has 0 spiro atoms. The largest absolute Gasteiger partial charge is 0.485 e. The maximum absolute atomic E-state index is 9.75. The number of nitrogens with zero attached hydrogens (tertiary/aromatic N) is 2. The highest BCUT2D eigenvalue weighted by Crippen LogP contribution is 2.30. The Balaban J connectivity index is 0.000000753. The topological polar surface area (TPSA) is 65.7 Å². The van der Waals surface area contributed by atoms with Crippen LogP contribution in [0.3, 0.4) is 0 Å². The maximum atomic E-state index is 9.75. The Bertz CT molecular complexity index is 657. The molecule has 4 rings (SSSR count). The van der Waals surface area contributed by atoms with Crippen LogP contribution in [0.1, 0.15) is 20.8 Å². The van der Waals surface area contributed by atoms with Gasteiger partial charge in [0.1, 0.15) is 24.1 Å². The minimum Gasteiger partial charge on any atom is -0.485 e. The fourth-order valence-electron chi connectivity index (χ4n) is 3.08. The van der Waals surface area contributed by atoms with Gasteiger partial charge < -0.3 is 23.9 Å². The van der Waals surface area contributed by atoms with Crippen molar-refractivity contribution in [1.82, 2.24) is 9.55 Å². The molecule has 6 heteroatoms. The third-order valence-electron chi connectivity index (χ3n) is 4.20. The van der Waals surface area contributed by atoms with Crippen LogP contribution in [0.15, 0.2) is 24.5 Å². The summed E-state index contributed by atoms with van der Waals surface area (Å²) in [7, 11) is 0. The van der Waals surface area contributed by atoms with Crippen molar-refractivity contribution in [1.29, 1.82) is 0 Å². The molecular formula is C17H24N2O4. The molecule has 0 bridgehead atoms. The van der Waals surface area contributed by atoms with Gasteiger partial charge in [-0.1, -0.05) is 13.8 Å². The zero-order chi connectivity index (χ0) is 16.4. The van der Waals surface area contributed by atoms with Gasteiger partial charge in [0.2, 0.25) is 0 Å². The standard InChI is InChI=1S/C15H18N2O4.C2H6/c1-2-17-8-16-10-4-3-9(5-11(10)17)21-13-7-20-14-12(18)6-19-15(13)14;1-2/h3-5,8,12-15,18H,2,6-7H2,1H3;1-2H3. The van der Waals surface area contributed by atoms with E-state index in [2.05, 4.69) is 16.5 Å². The molecule has 2 aliphatic rings. The van der Waals surface area contributed by atoms with Gasteiger partial charge in [-0.05, 0) is 19.1 Å². The summed E-state index contributed by atoms with van der Waals surface area (Å²) in [5.74, 6) is 0.775. The first-order valence-electron chi connectivity index (χ1n) is 8.29. The number of benzene rings is 1. The molecule has 0 saturated carbocycles. The molecule has 126 valence electrons. The van der Waals surface area contributed by atoms with E-state index in [0.717, 1.165) is 23.3 Å². The summed E-state index contributed by atoms with van der Waals surface area (Å²) in [5.41, 5.74) is 2.01. The van der Waals surface area contributed by atoms with Crippen LogP contribution in [0, 0.1) is 0 Å². The Morgan fingerprint density at radius 2 is 2.04 bits per heavy atom. The number of rotatable bonds is 3. The van der Waals surface area contributed by atoms with E-state index in [9.17, 15) is 5.11 Å². The van der Waals surface area contributed by atoms with Crippen molar-refractivity contribution in [2.75, 3.05) is 13.2 Å². The van der Waals surface area contributed by atoms with Gasteiger partial charge in [-0.2, -0.15) is 0 Å². The van der Waals surface area contributed by atoms with E-state index in [0.29, 0.717) is 13.2 Å². The van der Waals surface area contributed by atoms with Crippen molar-refractivity contribution in [2.45, 2.75) is 51.7 Å². The molecule has 0 amide bonds. The quantitative estimate of drug-likeness (QED) is 0.937. The molecule has 4 unspecified atom stereocenters. The van der Waals surface area contributed by atoms with Gasteiger partial charge >= 0.3 is 0 Å². The van der Waals surface area contributed by atoms with Crippen molar-refractivity contribution >= 4 is 11.0 Å². The number of aliphatic hydroxyl groups is 1. The third kappa shape index (κ3) is 2.94. The smallest absolute Gasteiger partial charge is 0.151 e. The van der Waals surface area contributed by atoms with E-state index < -0.39 is 6.10 Å². The van der Waals surface area contributed by atoms with Gasteiger partial charge in [-0.25, -0.2) is 4.98 Å². The molecule has 23 heavy (non-hydrogen) atoms. The lowest BCUT2D eigenvalue weighted by Gasteiger charge is -2.18. The predicted octanol–water partition coefficient (Wildman–Crippen LogP) is 1.99. The summed E-state index contributed by atoms with van der Waals surface area (Å²) in [6, 6.07) is 5.85. The minimum atomic E-state index is -0.549. The number of imidazole rings is 1. The van der Waals surface area contributed by atoms with Crippen molar-refractivity contribution in [3.05, 3.63) is 24.5 Å². The normalized spacial score (nSPS) is 29.2. The highest BCUT2D eigenvalue weighted by molar-refractivity contribution is 5.77. The minimum absolute atomic E-state index is 0.178. The summed E-state index contributed by atoms with van der Waals surface area (Å²) in [4.78, 5) is 4.35. The molecule has 3 heterocycles. The summed E-state index contributed by atoms with van der Waals surface area (Å²) >= 11 is 0. The maximum Gasteiger partial charge on any atom is 0.151 e. The van der Waals surface area contributed by atoms with Crippen molar-refractivity contribution in [3.63, 3.8) is 0 Å². The molecule has 4 atom stereocenters. The first-order valence-corrected chi connectivity index (χ1v) is 8.29. The molecule has 2 aliphatic heterocycles. The van der Waals surface area contributed by atoms with Gasteiger partial charge in [0.05, 0.1) is 30.6 Å². The number of hydrogen-bond donors (Lipinski definition) is 1. The summed E-state index contributed by atoms with van der Waals surface area (Å²) in [6.07, 6.45) is 0.654. The molecule has 0 aliphatic carbocycles. The second-order valence-electron chi connectivity index (χ2n) is 5.50. The van der Waals surface area contributed by atoms with Crippen LogP contribution in [0.25, 0.3) is 11.0 Å².